The van der Waals surface area contributed by atoms with E-state index in [-0.39, 0.29) is 6.10 Å². The molecule has 0 heterocycles. The molecule has 0 aromatic heterocycles. The number of rotatable bonds is 14. The summed E-state index contributed by atoms with van der Waals surface area (Å²) >= 11 is 0. The van der Waals surface area contributed by atoms with Crippen molar-refractivity contribution in [1.82, 2.24) is 0 Å². The highest BCUT2D eigenvalue weighted by molar-refractivity contribution is 5.74. The van der Waals surface area contributed by atoms with Gasteiger partial charge in [0.25, 0.3) is 0 Å². The normalized spacial score (nSPS) is 12.3. The van der Waals surface area contributed by atoms with Gasteiger partial charge in [-0.15, -0.1) is 6.58 Å². The number of aryl methyl sites for hydroxylation is 2. The van der Waals surface area contributed by atoms with Crippen molar-refractivity contribution in [3.8, 4) is 28.0 Å². The Labute approximate surface area is 244 Å². The fourth-order valence-electron chi connectivity index (χ4n) is 4.40. The molecule has 0 fully saturated rings. The van der Waals surface area contributed by atoms with Crippen molar-refractivity contribution in [3.63, 3.8) is 0 Å². The Morgan fingerprint density at radius 2 is 1.48 bits per heavy atom. The van der Waals surface area contributed by atoms with Crippen molar-refractivity contribution in [3.05, 3.63) is 115 Å². The Morgan fingerprint density at radius 1 is 0.875 bits per heavy atom. The molecule has 0 spiro atoms. The first-order valence-corrected chi connectivity index (χ1v) is 14.9. The molecule has 0 aliphatic heterocycles. The fourth-order valence-corrected chi connectivity index (χ4v) is 4.40. The minimum absolute atomic E-state index is 0.0509. The summed E-state index contributed by atoms with van der Waals surface area (Å²) in [6, 6.07) is 22.3. The maximum absolute atomic E-state index is 6.00. The summed E-state index contributed by atoms with van der Waals surface area (Å²) in [6.45, 7) is 22.4. The lowest BCUT2D eigenvalue weighted by molar-refractivity contribution is 0.187. The van der Waals surface area contributed by atoms with Gasteiger partial charge in [-0.2, -0.15) is 0 Å². The third kappa shape index (κ3) is 9.90. The number of hydrogen-bond acceptors (Lipinski definition) is 2. The van der Waals surface area contributed by atoms with Crippen LogP contribution in [0.1, 0.15) is 77.5 Å². The van der Waals surface area contributed by atoms with E-state index in [1.54, 1.807) is 12.5 Å². The molecule has 0 amide bonds. The van der Waals surface area contributed by atoms with Crippen LogP contribution >= 0.6 is 0 Å². The van der Waals surface area contributed by atoms with Crippen molar-refractivity contribution in [2.24, 2.45) is 5.92 Å². The molecule has 214 valence electrons. The van der Waals surface area contributed by atoms with Gasteiger partial charge in [0.2, 0.25) is 0 Å². The van der Waals surface area contributed by atoms with Gasteiger partial charge in [-0.1, -0.05) is 108 Å². The highest BCUT2D eigenvalue weighted by Crippen LogP contribution is 2.34. The van der Waals surface area contributed by atoms with Crippen LogP contribution in [0.2, 0.25) is 0 Å². The summed E-state index contributed by atoms with van der Waals surface area (Å²) in [5.41, 5.74) is 9.61. The number of benzene rings is 3. The second kappa shape index (κ2) is 17.2. The van der Waals surface area contributed by atoms with Gasteiger partial charge in [0.1, 0.15) is 24.4 Å². The zero-order valence-electron chi connectivity index (χ0n) is 25.9. The van der Waals surface area contributed by atoms with Crippen molar-refractivity contribution >= 4 is 0 Å². The second-order valence-corrected chi connectivity index (χ2v) is 10.4. The second-order valence-electron chi connectivity index (χ2n) is 10.4. The third-order valence-corrected chi connectivity index (χ3v) is 7.12. The van der Waals surface area contributed by atoms with E-state index in [4.69, 9.17) is 9.47 Å². The van der Waals surface area contributed by atoms with Crippen LogP contribution in [0.4, 0.5) is 0 Å². The molecular weight excluding hydrogens is 488 g/mol. The van der Waals surface area contributed by atoms with Crippen molar-refractivity contribution in [2.75, 3.05) is 0 Å². The molecule has 3 aromatic carbocycles. The molecule has 0 saturated carbocycles. The first-order valence-electron chi connectivity index (χ1n) is 14.9. The Balaban J connectivity index is 0.00000274. The summed E-state index contributed by atoms with van der Waals surface area (Å²) < 4.78 is 11.6. The zero-order chi connectivity index (χ0) is 29.5. The molecule has 3 aromatic rings. The molecule has 2 nitrogen and oxygen atoms in total. The number of hydrogen-bond donors (Lipinski definition) is 0. The van der Waals surface area contributed by atoms with Gasteiger partial charge in [0.15, 0.2) is 0 Å². The molecule has 0 bridgehead atoms. The molecule has 2 heteroatoms. The summed E-state index contributed by atoms with van der Waals surface area (Å²) in [7, 11) is 0. The fraction of sp³-hybridized carbons (Fsp3) is 0.368. The average Bonchev–Trinajstić information content (AvgIpc) is 2.97. The monoisotopic (exact) mass is 538 g/mol. The summed E-state index contributed by atoms with van der Waals surface area (Å²) in [5, 5.41) is 0. The molecule has 2 unspecified atom stereocenters. The molecule has 3 rings (SSSR count). The number of unbranched alkanes of at least 4 members (excludes halogenated alkanes) is 2. The van der Waals surface area contributed by atoms with E-state index in [9.17, 15) is 0 Å². The highest BCUT2D eigenvalue weighted by atomic mass is 16.5. The third-order valence-electron chi connectivity index (χ3n) is 7.12. The van der Waals surface area contributed by atoms with Gasteiger partial charge < -0.3 is 9.47 Å². The summed E-state index contributed by atoms with van der Waals surface area (Å²) in [5.74, 6) is 1.20. The molecule has 0 N–H and O–H groups in total. The number of ether oxygens (including phenoxy) is 2. The van der Waals surface area contributed by atoms with Gasteiger partial charge in [-0.05, 0) is 96.5 Å². The zero-order valence-corrected chi connectivity index (χ0v) is 25.9. The van der Waals surface area contributed by atoms with Crippen LogP contribution < -0.4 is 4.74 Å². The predicted octanol–water partition coefficient (Wildman–Crippen LogP) is 11.3. The van der Waals surface area contributed by atoms with Crippen LogP contribution in [0.3, 0.4) is 0 Å². The van der Waals surface area contributed by atoms with Crippen LogP contribution in [0.15, 0.2) is 98.0 Å². The number of allylic oxidation sites excluding steroid dienone is 1. The Kier molecular flexibility index (Phi) is 14.1. The first-order chi connectivity index (χ1) is 19.3. The van der Waals surface area contributed by atoms with Crippen LogP contribution in [0.25, 0.3) is 22.3 Å². The van der Waals surface area contributed by atoms with E-state index in [0.717, 1.165) is 29.7 Å². The van der Waals surface area contributed by atoms with Crippen LogP contribution in [0, 0.1) is 12.8 Å². The maximum atomic E-state index is 6.00. The van der Waals surface area contributed by atoms with Gasteiger partial charge in [0, 0.05) is 0 Å². The van der Waals surface area contributed by atoms with Gasteiger partial charge >= 0.3 is 0 Å². The van der Waals surface area contributed by atoms with Crippen LogP contribution in [-0.2, 0) is 17.6 Å². The van der Waals surface area contributed by atoms with Gasteiger partial charge in [-0.3, -0.25) is 0 Å². The minimum atomic E-state index is -0.0509. The van der Waals surface area contributed by atoms with Crippen LogP contribution in [0.5, 0.6) is 5.75 Å². The Hall–Kier alpha value is -3.52. The largest absolute Gasteiger partial charge is 0.491 e. The smallest absolute Gasteiger partial charge is 0.130 e. The predicted molar refractivity (Wildman–Crippen MR) is 175 cm³/mol. The first kappa shape index (κ1) is 32.7. The lowest BCUT2D eigenvalue weighted by Gasteiger charge is -2.17. The van der Waals surface area contributed by atoms with E-state index in [1.165, 1.54) is 52.6 Å². The molecule has 0 radical (unpaired) electrons. The van der Waals surface area contributed by atoms with E-state index in [0.29, 0.717) is 5.92 Å². The molecular formula is C38H50O2. The van der Waals surface area contributed by atoms with E-state index in [1.807, 2.05) is 33.8 Å². The van der Waals surface area contributed by atoms with Crippen molar-refractivity contribution in [1.29, 1.82) is 0 Å². The van der Waals surface area contributed by atoms with E-state index >= 15 is 0 Å². The molecule has 0 aliphatic rings. The Morgan fingerprint density at radius 3 is 2.05 bits per heavy atom. The SMILES string of the molecule is C=CC(C)Cc1cc(C)c(O/C=C/OC(C)C(=C)C)cc1-c1ccc(-c2ccc(CCCCC)cc2)cc1.CC. The summed E-state index contributed by atoms with van der Waals surface area (Å²) in [6.07, 6.45) is 11.1. The standard InChI is InChI=1S/C36H44O2.C2H6/c1-8-10-11-12-30-13-15-31(16-14-30)32-17-19-33(20-18-32)35-25-36(38-22-21-37-29(7)26(3)4)28(6)24-34(35)23-27(5)9-2;1-2/h9,13-22,24-25,27,29H,2-3,8,10-12,23H2,1,4-7H3;1-2H3/b22-21+;. The topological polar surface area (TPSA) is 18.5 Å². The van der Waals surface area contributed by atoms with E-state index in [2.05, 4.69) is 94.6 Å². The quantitative estimate of drug-likeness (QED) is 0.115. The maximum Gasteiger partial charge on any atom is 0.130 e. The van der Waals surface area contributed by atoms with Crippen LogP contribution in [-0.4, -0.2) is 6.10 Å². The van der Waals surface area contributed by atoms with Gasteiger partial charge in [0.05, 0.1) is 0 Å². The van der Waals surface area contributed by atoms with E-state index < -0.39 is 0 Å². The highest BCUT2D eigenvalue weighted by Gasteiger charge is 2.13. The molecule has 0 aliphatic carbocycles. The lowest BCUT2D eigenvalue weighted by atomic mass is 9.90. The summed E-state index contributed by atoms with van der Waals surface area (Å²) in [4.78, 5) is 0. The average molecular weight is 539 g/mol. The molecule has 0 saturated heterocycles. The van der Waals surface area contributed by atoms with Crippen molar-refractivity contribution < 1.29 is 9.47 Å². The van der Waals surface area contributed by atoms with Crippen molar-refractivity contribution in [2.45, 2.75) is 86.7 Å². The molecule has 40 heavy (non-hydrogen) atoms. The molecule has 2 atom stereocenters. The minimum Gasteiger partial charge on any atom is -0.491 e. The van der Waals surface area contributed by atoms with Gasteiger partial charge in [-0.25, -0.2) is 0 Å². The lowest BCUT2D eigenvalue weighted by Crippen LogP contribution is -2.04. The Bertz CT molecular complexity index is 1220.